The van der Waals surface area contributed by atoms with Gasteiger partial charge in [0.1, 0.15) is 11.4 Å². The van der Waals surface area contributed by atoms with Crippen LogP contribution >= 0.6 is 11.6 Å². The Morgan fingerprint density at radius 2 is 2.11 bits per heavy atom. The quantitative estimate of drug-likeness (QED) is 0.703. The molecule has 6 nitrogen and oxygen atoms in total. The first-order chi connectivity index (χ1) is 13.6. The number of pyridine rings is 1. The van der Waals surface area contributed by atoms with Crippen molar-refractivity contribution < 1.29 is 14.3 Å². The number of anilines is 1. The van der Waals surface area contributed by atoms with Gasteiger partial charge < -0.3 is 19.2 Å². The first-order valence-electron chi connectivity index (χ1n) is 9.27. The molecule has 1 amide bonds. The van der Waals surface area contributed by atoms with Crippen LogP contribution in [0.4, 0.5) is 5.69 Å². The van der Waals surface area contributed by atoms with Gasteiger partial charge in [-0.25, -0.2) is 4.98 Å². The van der Waals surface area contributed by atoms with Gasteiger partial charge in [-0.3, -0.25) is 4.79 Å². The molecule has 0 spiro atoms. The number of nitrogens with zero attached hydrogens (tertiary/aromatic N) is 2. The third kappa shape index (κ3) is 3.57. The fourth-order valence-corrected chi connectivity index (χ4v) is 3.67. The summed E-state index contributed by atoms with van der Waals surface area (Å²) in [5, 5.41) is 3.53. The second-order valence-corrected chi connectivity index (χ2v) is 7.35. The zero-order valence-electron chi connectivity index (χ0n) is 15.9. The Labute approximate surface area is 168 Å². The number of aromatic nitrogens is 2. The Balaban J connectivity index is 1.67. The molecular formula is C21H22ClN3O3. The summed E-state index contributed by atoms with van der Waals surface area (Å²) in [5.41, 5.74) is 3.71. The van der Waals surface area contributed by atoms with Crippen molar-refractivity contribution in [1.29, 1.82) is 0 Å². The van der Waals surface area contributed by atoms with E-state index >= 15 is 0 Å². The van der Waals surface area contributed by atoms with E-state index in [0.29, 0.717) is 27.9 Å². The minimum absolute atomic E-state index is 0.259. The molecule has 1 aliphatic rings. The average molecular weight is 400 g/mol. The summed E-state index contributed by atoms with van der Waals surface area (Å²) in [7, 11) is 1.55. The van der Waals surface area contributed by atoms with Gasteiger partial charge in [0.15, 0.2) is 0 Å². The van der Waals surface area contributed by atoms with Crippen LogP contribution in [0.1, 0.15) is 40.4 Å². The number of ether oxygens (including phenoxy) is 2. The Morgan fingerprint density at radius 1 is 1.32 bits per heavy atom. The molecule has 0 atom stereocenters. The number of imidazole rings is 1. The largest absolute Gasteiger partial charge is 0.496 e. The first-order valence-corrected chi connectivity index (χ1v) is 9.65. The summed E-state index contributed by atoms with van der Waals surface area (Å²) in [6.07, 6.45) is 5.68. The lowest BCUT2D eigenvalue weighted by Gasteiger charge is -2.19. The molecule has 3 heterocycles. The van der Waals surface area contributed by atoms with Crippen LogP contribution < -0.4 is 10.1 Å². The third-order valence-electron chi connectivity index (χ3n) is 5.19. The second kappa shape index (κ2) is 7.81. The molecule has 28 heavy (non-hydrogen) atoms. The van der Waals surface area contributed by atoms with Crippen molar-refractivity contribution in [3.8, 4) is 5.75 Å². The summed E-state index contributed by atoms with van der Waals surface area (Å²) in [6.45, 7) is 3.39. The lowest BCUT2D eigenvalue weighted by Crippen LogP contribution is -2.15. The number of amides is 1. The van der Waals surface area contributed by atoms with Gasteiger partial charge in [-0.15, -0.1) is 0 Å². The predicted molar refractivity (Wildman–Crippen MR) is 109 cm³/mol. The monoisotopic (exact) mass is 399 g/mol. The fourth-order valence-electron chi connectivity index (χ4n) is 3.50. The zero-order chi connectivity index (χ0) is 19.7. The van der Waals surface area contributed by atoms with Gasteiger partial charge >= 0.3 is 0 Å². The van der Waals surface area contributed by atoms with Crippen LogP contribution in [0.2, 0.25) is 5.02 Å². The van der Waals surface area contributed by atoms with Gasteiger partial charge in [-0.05, 0) is 37.5 Å². The molecule has 0 aliphatic carbocycles. The Morgan fingerprint density at radius 3 is 2.86 bits per heavy atom. The molecule has 1 aliphatic heterocycles. The molecule has 146 valence electrons. The van der Waals surface area contributed by atoms with Crippen molar-refractivity contribution in [3.63, 3.8) is 0 Å². The maximum atomic E-state index is 12.9. The molecule has 4 rings (SSSR count). The smallest absolute Gasteiger partial charge is 0.260 e. The highest BCUT2D eigenvalue weighted by atomic mass is 35.5. The van der Waals surface area contributed by atoms with Crippen molar-refractivity contribution >= 4 is 28.8 Å². The van der Waals surface area contributed by atoms with Gasteiger partial charge in [-0.1, -0.05) is 17.7 Å². The van der Waals surface area contributed by atoms with Crippen LogP contribution in [0.25, 0.3) is 5.65 Å². The number of carbonyl (C=O) groups excluding carboxylic acids is 1. The topological polar surface area (TPSA) is 64.9 Å². The number of hydrogen-bond acceptors (Lipinski definition) is 4. The molecule has 0 unspecified atom stereocenters. The SMILES string of the molecule is COc1cc2nc(C3CCOCC3)cn2cc1C(=O)Nc1cccc(Cl)c1C. The number of hydrogen-bond donors (Lipinski definition) is 1. The molecule has 2 aromatic heterocycles. The van der Waals surface area contributed by atoms with Crippen LogP contribution in [0.3, 0.4) is 0 Å². The number of fused-ring (bicyclic) bond motifs is 1. The van der Waals surface area contributed by atoms with Gasteiger partial charge in [0, 0.05) is 48.3 Å². The minimum atomic E-state index is -0.259. The number of rotatable bonds is 4. The number of carbonyl (C=O) groups is 1. The Bertz CT molecular complexity index is 1030. The highest BCUT2D eigenvalue weighted by Crippen LogP contribution is 2.29. The van der Waals surface area contributed by atoms with Gasteiger partial charge in [-0.2, -0.15) is 0 Å². The molecular weight excluding hydrogens is 378 g/mol. The maximum Gasteiger partial charge on any atom is 0.260 e. The fraction of sp³-hybridized carbons (Fsp3) is 0.333. The third-order valence-corrected chi connectivity index (χ3v) is 5.60. The van der Waals surface area contributed by atoms with Crippen LogP contribution in [-0.4, -0.2) is 35.6 Å². The van der Waals surface area contributed by atoms with E-state index in [9.17, 15) is 4.79 Å². The Kier molecular flexibility index (Phi) is 5.24. The van der Waals surface area contributed by atoms with E-state index in [-0.39, 0.29) is 5.91 Å². The van der Waals surface area contributed by atoms with Gasteiger partial charge in [0.25, 0.3) is 5.91 Å². The summed E-state index contributed by atoms with van der Waals surface area (Å²) in [4.78, 5) is 17.7. The van der Waals surface area contributed by atoms with E-state index in [4.69, 9.17) is 26.1 Å². The van der Waals surface area contributed by atoms with Crippen molar-refractivity contribution in [2.24, 2.45) is 0 Å². The van der Waals surface area contributed by atoms with Crippen molar-refractivity contribution in [3.05, 3.63) is 58.5 Å². The summed E-state index contributed by atoms with van der Waals surface area (Å²) in [5.74, 6) is 0.602. The Hall–Kier alpha value is -2.57. The van der Waals surface area contributed by atoms with Crippen molar-refractivity contribution in [1.82, 2.24) is 9.38 Å². The molecule has 1 N–H and O–H groups in total. The molecule has 0 saturated carbocycles. The van der Waals surface area contributed by atoms with E-state index in [1.165, 1.54) is 0 Å². The lowest BCUT2D eigenvalue weighted by atomic mass is 9.97. The van der Waals surface area contributed by atoms with Crippen molar-refractivity contribution in [2.75, 3.05) is 25.6 Å². The number of halogens is 1. The van der Waals surface area contributed by atoms with Crippen LogP contribution in [0.15, 0.2) is 36.7 Å². The average Bonchev–Trinajstić information content (AvgIpc) is 3.14. The number of nitrogens with one attached hydrogen (secondary N) is 1. The van der Waals surface area contributed by atoms with E-state index in [0.717, 1.165) is 43.0 Å². The second-order valence-electron chi connectivity index (χ2n) is 6.94. The minimum Gasteiger partial charge on any atom is -0.496 e. The molecule has 1 saturated heterocycles. The first kappa shape index (κ1) is 18.8. The standard InChI is InChI=1S/C21H22ClN3O3/c1-13-16(22)4-3-5-17(13)24-21(26)15-11-25-12-18(14-6-8-28-9-7-14)23-20(25)10-19(15)27-2/h3-5,10-12,14H,6-9H2,1-2H3,(H,24,26). The highest BCUT2D eigenvalue weighted by Gasteiger charge is 2.21. The van der Waals surface area contributed by atoms with Gasteiger partial charge in [0.05, 0.1) is 18.4 Å². The van der Waals surface area contributed by atoms with Crippen LogP contribution in [0.5, 0.6) is 5.75 Å². The molecule has 3 aromatic rings. The van der Waals surface area contributed by atoms with Crippen LogP contribution in [-0.2, 0) is 4.74 Å². The summed E-state index contributed by atoms with van der Waals surface area (Å²) < 4.78 is 12.8. The summed E-state index contributed by atoms with van der Waals surface area (Å²) in [6, 6.07) is 7.22. The zero-order valence-corrected chi connectivity index (χ0v) is 16.6. The molecule has 7 heteroatoms. The normalized spacial score (nSPS) is 15.0. The van der Waals surface area contributed by atoms with Crippen LogP contribution in [0, 0.1) is 6.92 Å². The molecule has 0 bridgehead atoms. The molecule has 1 aromatic carbocycles. The van der Waals surface area contributed by atoms with Gasteiger partial charge in [0.2, 0.25) is 0 Å². The van der Waals surface area contributed by atoms with Crippen molar-refractivity contribution in [2.45, 2.75) is 25.7 Å². The van der Waals surface area contributed by atoms with E-state index in [1.807, 2.05) is 23.6 Å². The molecule has 0 radical (unpaired) electrons. The predicted octanol–water partition coefficient (Wildman–Crippen LogP) is 4.45. The van der Waals surface area contributed by atoms with E-state index < -0.39 is 0 Å². The highest BCUT2D eigenvalue weighted by molar-refractivity contribution is 6.31. The summed E-state index contributed by atoms with van der Waals surface area (Å²) >= 11 is 6.16. The number of benzene rings is 1. The van der Waals surface area contributed by atoms with E-state index in [2.05, 4.69) is 5.32 Å². The lowest BCUT2D eigenvalue weighted by molar-refractivity contribution is 0.0846. The maximum absolute atomic E-state index is 12.9. The molecule has 1 fully saturated rings. The van der Waals surface area contributed by atoms with E-state index in [1.54, 1.807) is 31.5 Å². The number of methoxy groups -OCH3 is 1.